The molecule has 134 valence electrons. The number of hydrogen-bond donors (Lipinski definition) is 2. The van der Waals surface area contributed by atoms with Crippen LogP contribution < -0.4 is 11.1 Å². The molecule has 0 unspecified atom stereocenters. The molecule has 0 atom stereocenters. The summed E-state index contributed by atoms with van der Waals surface area (Å²) >= 11 is 0. The minimum atomic E-state index is -0.296. The molecular formula is C16H27ClN6O. The summed E-state index contributed by atoms with van der Waals surface area (Å²) in [6.45, 7) is 8.47. The number of hydrogen-bond acceptors (Lipinski definition) is 5. The van der Waals surface area contributed by atoms with Gasteiger partial charge in [-0.1, -0.05) is 13.8 Å². The van der Waals surface area contributed by atoms with E-state index in [9.17, 15) is 4.79 Å². The second kappa shape index (κ2) is 8.39. The molecule has 0 aliphatic carbocycles. The molecule has 0 aliphatic heterocycles. The summed E-state index contributed by atoms with van der Waals surface area (Å²) in [6, 6.07) is 0. The fourth-order valence-corrected chi connectivity index (χ4v) is 2.88. The molecule has 0 aromatic carbocycles. The normalized spacial score (nSPS) is 11.4. The van der Waals surface area contributed by atoms with Crippen LogP contribution in [0.4, 0.5) is 0 Å². The molecule has 8 heteroatoms. The second-order valence-electron chi connectivity index (χ2n) is 5.97. The average Bonchev–Trinajstić information content (AvgIpc) is 3.01. The summed E-state index contributed by atoms with van der Waals surface area (Å²) in [5, 5.41) is 7.27. The Morgan fingerprint density at radius 2 is 2.00 bits per heavy atom. The monoisotopic (exact) mass is 354 g/mol. The third-order valence-electron chi connectivity index (χ3n) is 4.74. The number of nitrogens with one attached hydrogen (secondary N) is 1. The van der Waals surface area contributed by atoms with E-state index in [-0.39, 0.29) is 23.9 Å². The number of aryl methyl sites for hydroxylation is 2. The van der Waals surface area contributed by atoms with Crippen molar-refractivity contribution in [3.8, 4) is 0 Å². The molecule has 0 saturated carbocycles. The van der Waals surface area contributed by atoms with Crippen molar-refractivity contribution in [2.75, 3.05) is 6.54 Å². The summed E-state index contributed by atoms with van der Waals surface area (Å²) in [7, 11) is 0. The van der Waals surface area contributed by atoms with E-state index < -0.39 is 0 Å². The Labute approximate surface area is 148 Å². The lowest BCUT2D eigenvalue weighted by Gasteiger charge is -2.31. The van der Waals surface area contributed by atoms with Gasteiger partial charge >= 0.3 is 0 Å². The molecule has 2 heterocycles. The number of rotatable bonds is 7. The number of carbonyl (C=O) groups is 1. The summed E-state index contributed by atoms with van der Waals surface area (Å²) in [6.07, 6.45) is 4.18. The fourth-order valence-electron chi connectivity index (χ4n) is 2.88. The van der Waals surface area contributed by atoms with Gasteiger partial charge < -0.3 is 11.1 Å². The smallest absolute Gasteiger partial charge is 0.252 e. The van der Waals surface area contributed by atoms with Crippen LogP contribution in [0.3, 0.4) is 0 Å². The highest BCUT2D eigenvalue weighted by atomic mass is 35.5. The number of nitrogens with two attached hydrogens (primary N) is 1. The molecule has 0 radical (unpaired) electrons. The number of nitrogens with zero attached hydrogens (tertiary/aromatic N) is 4. The third kappa shape index (κ3) is 4.02. The lowest BCUT2D eigenvalue weighted by molar-refractivity contribution is -0.123. The Bertz CT molecular complexity index is 687. The first-order chi connectivity index (χ1) is 11.0. The van der Waals surface area contributed by atoms with Crippen LogP contribution in [0.5, 0.6) is 0 Å². The number of aromatic nitrogens is 4. The van der Waals surface area contributed by atoms with Gasteiger partial charge in [-0.05, 0) is 38.7 Å². The van der Waals surface area contributed by atoms with Crippen LogP contribution in [0.2, 0.25) is 0 Å². The first-order valence-corrected chi connectivity index (χ1v) is 8.13. The standard InChI is InChI=1S/C16H26N6O.ClH/c1-5-16(6-2,9-17)21-14(23)8-7-13-11(3)20-15-18-10-19-22(15)12(13)4;/h10H,5-9,17H2,1-4H3,(H,21,23);1H. The Balaban J connectivity index is 0.00000288. The first kappa shape index (κ1) is 20.3. The van der Waals surface area contributed by atoms with E-state index in [1.165, 1.54) is 6.33 Å². The van der Waals surface area contributed by atoms with E-state index in [1.54, 1.807) is 4.52 Å². The Kier molecular flexibility index (Phi) is 7.10. The zero-order valence-corrected chi connectivity index (χ0v) is 15.6. The van der Waals surface area contributed by atoms with E-state index in [0.29, 0.717) is 25.2 Å². The zero-order valence-electron chi connectivity index (χ0n) is 14.8. The van der Waals surface area contributed by atoms with Crippen molar-refractivity contribution < 1.29 is 4.79 Å². The van der Waals surface area contributed by atoms with Gasteiger partial charge in [0, 0.05) is 24.4 Å². The number of carbonyl (C=O) groups excluding carboxylic acids is 1. The minimum absolute atomic E-state index is 0. The maximum atomic E-state index is 12.3. The van der Waals surface area contributed by atoms with Crippen LogP contribution >= 0.6 is 12.4 Å². The summed E-state index contributed by atoms with van der Waals surface area (Å²) in [4.78, 5) is 20.9. The van der Waals surface area contributed by atoms with Gasteiger partial charge in [-0.3, -0.25) is 4.79 Å². The van der Waals surface area contributed by atoms with Crippen LogP contribution in [0, 0.1) is 13.8 Å². The van der Waals surface area contributed by atoms with Gasteiger partial charge in [0.2, 0.25) is 5.91 Å². The highest BCUT2D eigenvalue weighted by Gasteiger charge is 2.26. The number of halogens is 1. The molecule has 0 fully saturated rings. The number of amides is 1. The van der Waals surface area contributed by atoms with Crippen LogP contribution in [-0.4, -0.2) is 37.6 Å². The van der Waals surface area contributed by atoms with Gasteiger partial charge in [0.1, 0.15) is 6.33 Å². The maximum absolute atomic E-state index is 12.3. The Hall–Kier alpha value is -1.73. The fraction of sp³-hybridized carbons (Fsp3) is 0.625. The Morgan fingerprint density at radius 3 is 2.58 bits per heavy atom. The predicted molar refractivity (Wildman–Crippen MR) is 96.3 cm³/mol. The van der Waals surface area contributed by atoms with Crippen LogP contribution in [-0.2, 0) is 11.2 Å². The van der Waals surface area contributed by atoms with Crippen molar-refractivity contribution in [1.29, 1.82) is 0 Å². The van der Waals surface area contributed by atoms with Crippen LogP contribution in [0.25, 0.3) is 5.78 Å². The average molecular weight is 355 g/mol. The molecule has 2 aromatic heterocycles. The summed E-state index contributed by atoms with van der Waals surface area (Å²) in [5.74, 6) is 0.615. The van der Waals surface area contributed by atoms with Gasteiger partial charge in [0.15, 0.2) is 0 Å². The van der Waals surface area contributed by atoms with Gasteiger partial charge in [0.05, 0.1) is 5.54 Å². The lowest BCUT2D eigenvalue weighted by atomic mass is 9.92. The largest absolute Gasteiger partial charge is 0.349 e. The van der Waals surface area contributed by atoms with E-state index in [0.717, 1.165) is 29.8 Å². The molecule has 2 aromatic rings. The SMILES string of the molecule is CCC(CC)(CN)NC(=O)CCc1c(C)nc2ncnn2c1C.Cl. The zero-order chi connectivity index (χ0) is 17.0. The second-order valence-corrected chi connectivity index (χ2v) is 5.97. The number of fused-ring (bicyclic) bond motifs is 1. The van der Waals surface area contributed by atoms with Crippen molar-refractivity contribution in [2.24, 2.45) is 5.73 Å². The third-order valence-corrected chi connectivity index (χ3v) is 4.74. The topological polar surface area (TPSA) is 98.2 Å². The molecule has 0 saturated heterocycles. The molecule has 3 N–H and O–H groups in total. The highest BCUT2D eigenvalue weighted by Crippen LogP contribution is 2.17. The maximum Gasteiger partial charge on any atom is 0.252 e. The van der Waals surface area contributed by atoms with E-state index in [2.05, 4.69) is 20.4 Å². The summed E-state index contributed by atoms with van der Waals surface area (Å²) in [5.41, 5.74) is 8.46. The molecule has 7 nitrogen and oxygen atoms in total. The van der Waals surface area contributed by atoms with Crippen molar-refractivity contribution in [3.63, 3.8) is 0 Å². The molecular weight excluding hydrogens is 328 g/mol. The molecule has 0 aliphatic rings. The lowest BCUT2D eigenvalue weighted by Crippen LogP contribution is -2.52. The molecule has 24 heavy (non-hydrogen) atoms. The molecule has 0 spiro atoms. The van der Waals surface area contributed by atoms with Crippen LogP contribution in [0.15, 0.2) is 6.33 Å². The predicted octanol–water partition coefficient (Wildman–Crippen LogP) is 1.73. The molecule has 2 rings (SSSR count). The van der Waals surface area contributed by atoms with Gasteiger partial charge in [-0.15, -0.1) is 12.4 Å². The van der Waals surface area contributed by atoms with Crippen molar-refractivity contribution in [1.82, 2.24) is 24.9 Å². The van der Waals surface area contributed by atoms with Crippen LogP contribution in [0.1, 0.15) is 50.1 Å². The van der Waals surface area contributed by atoms with E-state index in [1.807, 2.05) is 27.7 Å². The summed E-state index contributed by atoms with van der Waals surface area (Å²) < 4.78 is 1.71. The quantitative estimate of drug-likeness (QED) is 0.789. The van der Waals surface area contributed by atoms with Crippen molar-refractivity contribution >= 4 is 24.1 Å². The minimum Gasteiger partial charge on any atom is -0.349 e. The molecule has 0 bridgehead atoms. The van der Waals surface area contributed by atoms with E-state index >= 15 is 0 Å². The van der Waals surface area contributed by atoms with Crippen molar-refractivity contribution in [2.45, 2.75) is 58.9 Å². The Morgan fingerprint density at radius 1 is 1.33 bits per heavy atom. The highest BCUT2D eigenvalue weighted by molar-refractivity contribution is 5.85. The van der Waals surface area contributed by atoms with Crippen molar-refractivity contribution in [3.05, 3.63) is 23.3 Å². The van der Waals surface area contributed by atoms with Gasteiger partial charge in [0.25, 0.3) is 5.78 Å². The first-order valence-electron chi connectivity index (χ1n) is 8.13. The molecule has 1 amide bonds. The van der Waals surface area contributed by atoms with E-state index in [4.69, 9.17) is 5.73 Å². The van der Waals surface area contributed by atoms with Gasteiger partial charge in [-0.2, -0.15) is 10.1 Å². The van der Waals surface area contributed by atoms with Gasteiger partial charge in [-0.25, -0.2) is 9.50 Å².